The predicted octanol–water partition coefficient (Wildman–Crippen LogP) is 4.38. The summed E-state index contributed by atoms with van der Waals surface area (Å²) < 4.78 is 11.5. The molecule has 2 N–H and O–H groups in total. The van der Waals surface area contributed by atoms with Crippen molar-refractivity contribution in [3.8, 4) is 5.75 Å². The molecule has 1 amide bonds. The van der Waals surface area contributed by atoms with Gasteiger partial charge in [0.2, 0.25) is 5.91 Å². The van der Waals surface area contributed by atoms with E-state index in [1.807, 2.05) is 24.3 Å². The zero-order valence-electron chi connectivity index (χ0n) is 18.2. The SMILES string of the molecule is CC(NC(=O)CNc1cccc(OCC2CCCO2)c1)C12CC3CC(CC(C3)C1)C2. The van der Waals surface area contributed by atoms with Crippen molar-refractivity contribution in [1.29, 1.82) is 0 Å². The Morgan fingerprint density at radius 2 is 1.93 bits per heavy atom. The first-order valence-electron chi connectivity index (χ1n) is 12.0. The molecule has 0 radical (unpaired) electrons. The van der Waals surface area contributed by atoms with E-state index in [9.17, 15) is 4.79 Å². The highest BCUT2D eigenvalue weighted by atomic mass is 16.5. The van der Waals surface area contributed by atoms with Gasteiger partial charge >= 0.3 is 0 Å². The lowest BCUT2D eigenvalue weighted by Crippen LogP contribution is -2.56. The number of hydrogen-bond donors (Lipinski definition) is 2. The van der Waals surface area contributed by atoms with Gasteiger partial charge < -0.3 is 20.1 Å². The predicted molar refractivity (Wildman–Crippen MR) is 118 cm³/mol. The van der Waals surface area contributed by atoms with E-state index in [0.717, 1.165) is 48.6 Å². The first-order valence-corrected chi connectivity index (χ1v) is 12.0. The lowest BCUT2D eigenvalue weighted by Gasteiger charge is -2.59. The molecular formula is C25H36N2O3. The Kier molecular flexibility index (Phi) is 5.65. The Morgan fingerprint density at radius 1 is 1.20 bits per heavy atom. The van der Waals surface area contributed by atoms with Crippen molar-refractivity contribution >= 4 is 11.6 Å². The summed E-state index contributed by atoms with van der Waals surface area (Å²) in [5, 5.41) is 6.60. The molecule has 4 saturated carbocycles. The van der Waals surface area contributed by atoms with Crippen LogP contribution in [-0.2, 0) is 9.53 Å². The standard InChI is InChI=1S/C25H36N2O3/c1-17(25-12-18-8-19(13-25)10-20(9-18)14-25)27-24(28)15-26-21-4-2-5-22(11-21)30-16-23-6-3-7-29-23/h2,4-5,11,17-20,23,26H,3,6-10,12-16H2,1H3,(H,27,28). The second-order valence-corrected chi connectivity index (χ2v) is 10.4. The molecule has 30 heavy (non-hydrogen) atoms. The van der Waals surface area contributed by atoms with E-state index < -0.39 is 0 Å². The van der Waals surface area contributed by atoms with E-state index in [1.165, 1.54) is 38.5 Å². The summed E-state index contributed by atoms with van der Waals surface area (Å²) >= 11 is 0. The van der Waals surface area contributed by atoms with Crippen LogP contribution in [0.5, 0.6) is 5.75 Å². The molecule has 5 nitrogen and oxygen atoms in total. The lowest BCUT2D eigenvalue weighted by atomic mass is 9.48. The molecule has 1 aromatic carbocycles. The van der Waals surface area contributed by atoms with E-state index in [4.69, 9.17) is 9.47 Å². The smallest absolute Gasteiger partial charge is 0.239 e. The van der Waals surface area contributed by atoms with Crippen LogP contribution >= 0.6 is 0 Å². The lowest BCUT2D eigenvalue weighted by molar-refractivity contribution is -0.124. The molecule has 1 aromatic rings. The third-order valence-electron chi connectivity index (χ3n) is 8.13. The molecule has 5 fully saturated rings. The number of nitrogens with one attached hydrogen (secondary N) is 2. The van der Waals surface area contributed by atoms with Gasteiger partial charge in [0.05, 0.1) is 12.6 Å². The van der Waals surface area contributed by atoms with Gasteiger partial charge in [0.25, 0.3) is 0 Å². The number of anilines is 1. The minimum Gasteiger partial charge on any atom is -0.491 e. The van der Waals surface area contributed by atoms with Crippen LogP contribution in [0.4, 0.5) is 5.69 Å². The second kappa shape index (κ2) is 8.41. The van der Waals surface area contributed by atoms with Crippen LogP contribution in [-0.4, -0.2) is 37.8 Å². The van der Waals surface area contributed by atoms with E-state index in [1.54, 1.807) is 0 Å². The molecule has 2 atom stereocenters. The summed E-state index contributed by atoms with van der Waals surface area (Å²) in [4.78, 5) is 12.7. The number of ether oxygens (including phenoxy) is 2. The summed E-state index contributed by atoms with van der Waals surface area (Å²) in [6.45, 7) is 3.97. The Bertz CT molecular complexity index is 723. The minimum atomic E-state index is 0.0870. The van der Waals surface area contributed by atoms with Crippen molar-refractivity contribution in [2.45, 2.75) is 70.4 Å². The maximum atomic E-state index is 12.7. The van der Waals surface area contributed by atoms with Crippen LogP contribution in [0, 0.1) is 23.2 Å². The molecule has 1 saturated heterocycles. The van der Waals surface area contributed by atoms with Crippen LogP contribution in [0.3, 0.4) is 0 Å². The van der Waals surface area contributed by atoms with Crippen molar-refractivity contribution in [1.82, 2.24) is 5.32 Å². The zero-order chi connectivity index (χ0) is 20.6. The van der Waals surface area contributed by atoms with Gasteiger partial charge in [-0.15, -0.1) is 0 Å². The molecule has 2 unspecified atom stereocenters. The maximum absolute atomic E-state index is 12.7. The van der Waals surface area contributed by atoms with Gasteiger partial charge in [-0.25, -0.2) is 0 Å². The summed E-state index contributed by atoms with van der Waals surface area (Å²) in [7, 11) is 0. The fourth-order valence-electron chi connectivity index (χ4n) is 7.00. The zero-order valence-corrected chi connectivity index (χ0v) is 18.2. The van der Waals surface area contributed by atoms with Crippen molar-refractivity contribution < 1.29 is 14.3 Å². The Hall–Kier alpha value is -1.75. The van der Waals surface area contributed by atoms with Crippen LogP contribution in [0.15, 0.2) is 24.3 Å². The first kappa shape index (κ1) is 20.2. The highest BCUT2D eigenvalue weighted by Gasteiger charge is 2.53. The summed E-state index contributed by atoms with van der Waals surface area (Å²) in [6.07, 6.45) is 10.7. The third-order valence-corrected chi connectivity index (χ3v) is 8.13. The van der Waals surface area contributed by atoms with Crippen LogP contribution in [0.1, 0.15) is 58.3 Å². The fourth-order valence-corrected chi connectivity index (χ4v) is 7.00. The van der Waals surface area contributed by atoms with Gasteiger partial charge in [-0.2, -0.15) is 0 Å². The fraction of sp³-hybridized carbons (Fsp3) is 0.720. The number of rotatable bonds is 8. The number of carbonyl (C=O) groups excluding carboxylic acids is 1. The van der Waals surface area contributed by atoms with E-state index in [-0.39, 0.29) is 18.1 Å². The largest absolute Gasteiger partial charge is 0.491 e. The molecule has 1 heterocycles. The highest BCUT2D eigenvalue weighted by Crippen LogP contribution is 2.61. The van der Waals surface area contributed by atoms with Gasteiger partial charge in [0, 0.05) is 24.4 Å². The summed E-state index contributed by atoms with van der Waals surface area (Å²) in [6, 6.07) is 8.12. The number of carbonyl (C=O) groups is 1. The summed E-state index contributed by atoms with van der Waals surface area (Å²) in [5.74, 6) is 3.63. The van der Waals surface area contributed by atoms with Crippen LogP contribution in [0.25, 0.3) is 0 Å². The molecular weight excluding hydrogens is 376 g/mol. The molecule has 6 rings (SSSR count). The molecule has 5 heteroatoms. The van der Waals surface area contributed by atoms with Gasteiger partial charge in [-0.1, -0.05) is 6.07 Å². The van der Waals surface area contributed by atoms with Crippen molar-refractivity contribution in [3.05, 3.63) is 24.3 Å². The Balaban J connectivity index is 1.11. The van der Waals surface area contributed by atoms with E-state index in [0.29, 0.717) is 18.6 Å². The number of amides is 1. The second-order valence-electron chi connectivity index (χ2n) is 10.4. The number of benzene rings is 1. The van der Waals surface area contributed by atoms with Gasteiger partial charge in [0.1, 0.15) is 12.4 Å². The molecule has 1 aliphatic heterocycles. The van der Waals surface area contributed by atoms with Crippen molar-refractivity contribution in [3.63, 3.8) is 0 Å². The van der Waals surface area contributed by atoms with E-state index in [2.05, 4.69) is 17.6 Å². The van der Waals surface area contributed by atoms with E-state index >= 15 is 0 Å². The normalized spacial score (nSPS) is 35.2. The molecule has 4 bridgehead atoms. The average molecular weight is 413 g/mol. The molecule has 164 valence electrons. The molecule has 4 aliphatic carbocycles. The average Bonchev–Trinajstić information content (AvgIpc) is 3.24. The van der Waals surface area contributed by atoms with Gasteiger partial charge in [0.15, 0.2) is 0 Å². The molecule has 0 spiro atoms. The highest BCUT2D eigenvalue weighted by molar-refractivity contribution is 5.81. The quantitative estimate of drug-likeness (QED) is 0.665. The molecule has 0 aromatic heterocycles. The monoisotopic (exact) mass is 412 g/mol. The maximum Gasteiger partial charge on any atom is 0.239 e. The topological polar surface area (TPSA) is 59.6 Å². The van der Waals surface area contributed by atoms with Crippen molar-refractivity contribution in [2.24, 2.45) is 23.2 Å². The third kappa shape index (κ3) is 4.32. The number of hydrogen-bond acceptors (Lipinski definition) is 4. The Labute approximate surface area is 180 Å². The van der Waals surface area contributed by atoms with Gasteiger partial charge in [-0.3, -0.25) is 4.79 Å². The Morgan fingerprint density at radius 3 is 2.60 bits per heavy atom. The summed E-state index contributed by atoms with van der Waals surface area (Å²) in [5.41, 5.74) is 1.26. The van der Waals surface area contributed by atoms with Crippen molar-refractivity contribution in [2.75, 3.05) is 25.1 Å². The first-order chi connectivity index (χ1) is 14.6. The minimum absolute atomic E-state index is 0.0870. The van der Waals surface area contributed by atoms with Gasteiger partial charge in [-0.05, 0) is 93.6 Å². The molecule has 5 aliphatic rings. The van der Waals surface area contributed by atoms with Crippen LogP contribution < -0.4 is 15.4 Å². The van der Waals surface area contributed by atoms with Crippen LogP contribution in [0.2, 0.25) is 0 Å².